The molecule has 3 atom stereocenters. The number of carbonyl (C=O) groups excluding carboxylic acids is 1. The van der Waals surface area contributed by atoms with Gasteiger partial charge in [0.1, 0.15) is 0 Å². The summed E-state index contributed by atoms with van der Waals surface area (Å²) < 4.78 is 1.03. The molecular formula is C13H25NNaO2+. The van der Waals surface area contributed by atoms with Gasteiger partial charge < -0.3 is 14.4 Å². The van der Waals surface area contributed by atoms with Crippen LogP contribution in [-0.4, -0.2) is 37.6 Å². The number of carboxylic acid groups (broad SMARTS) is 1. The topological polar surface area (TPSA) is 40.1 Å². The summed E-state index contributed by atoms with van der Waals surface area (Å²) in [7, 11) is 4.48. The van der Waals surface area contributed by atoms with Gasteiger partial charge in [-0.25, -0.2) is 0 Å². The number of carboxylic acids is 1. The first-order valence-electron chi connectivity index (χ1n) is 6.42. The molecule has 0 N–H and O–H groups in total. The van der Waals surface area contributed by atoms with Gasteiger partial charge in [0.2, 0.25) is 0 Å². The standard InChI is InChI=1S/C13H25NO2.Na/c1-5-10(13(15)16)7-12-9-14(3,4)8-11(12)6-2;/h10-12H,5-9H2,1-4H3;/q;+1. The Morgan fingerprint density at radius 2 is 1.82 bits per heavy atom. The van der Waals surface area contributed by atoms with Gasteiger partial charge in [-0.2, -0.15) is 0 Å². The van der Waals surface area contributed by atoms with E-state index in [1.165, 1.54) is 6.54 Å². The Bertz CT molecular complexity index is 256. The fourth-order valence-electron chi connectivity index (χ4n) is 3.17. The first-order chi connectivity index (χ1) is 7.39. The second-order valence-electron chi connectivity index (χ2n) is 5.89. The van der Waals surface area contributed by atoms with Gasteiger partial charge in [0, 0.05) is 17.8 Å². The van der Waals surface area contributed by atoms with Gasteiger partial charge in [0.25, 0.3) is 0 Å². The number of carbonyl (C=O) groups is 1. The normalized spacial score (nSPS) is 28.5. The van der Waals surface area contributed by atoms with Crippen LogP contribution in [0.15, 0.2) is 0 Å². The molecule has 0 aromatic rings. The molecule has 0 aliphatic carbocycles. The van der Waals surface area contributed by atoms with Crippen molar-refractivity contribution in [2.24, 2.45) is 17.8 Å². The number of likely N-dealkylation sites (tertiary alicyclic amines) is 1. The summed E-state index contributed by atoms with van der Waals surface area (Å²) in [6, 6.07) is 0. The molecule has 17 heavy (non-hydrogen) atoms. The van der Waals surface area contributed by atoms with E-state index in [0.29, 0.717) is 18.3 Å². The van der Waals surface area contributed by atoms with Crippen LogP contribution in [0, 0.1) is 17.8 Å². The van der Waals surface area contributed by atoms with Crippen molar-refractivity contribution in [3.05, 3.63) is 0 Å². The summed E-state index contributed by atoms with van der Waals surface area (Å²) >= 11 is 0. The molecule has 0 saturated carbocycles. The molecule has 0 aromatic carbocycles. The van der Waals surface area contributed by atoms with Gasteiger partial charge in [0.15, 0.2) is 0 Å². The molecule has 0 bridgehead atoms. The molecule has 1 aliphatic rings. The van der Waals surface area contributed by atoms with Crippen LogP contribution in [0.2, 0.25) is 0 Å². The molecule has 4 heteroatoms. The molecule has 0 spiro atoms. The summed E-state index contributed by atoms with van der Waals surface area (Å²) in [4.78, 5) is 11.0. The van der Waals surface area contributed by atoms with E-state index in [0.717, 1.165) is 23.9 Å². The Balaban J connectivity index is 0.00000256. The first-order valence-corrected chi connectivity index (χ1v) is 6.42. The Kier molecular flexibility index (Phi) is 7.31. The van der Waals surface area contributed by atoms with Crippen molar-refractivity contribution in [1.29, 1.82) is 0 Å². The number of quaternary nitrogens is 1. The van der Waals surface area contributed by atoms with Gasteiger partial charge in [-0.15, -0.1) is 0 Å². The van der Waals surface area contributed by atoms with E-state index >= 15 is 0 Å². The second kappa shape index (κ2) is 7.13. The molecule has 1 heterocycles. The minimum Gasteiger partial charge on any atom is -0.550 e. The average molecular weight is 250 g/mol. The van der Waals surface area contributed by atoms with Crippen LogP contribution in [0.3, 0.4) is 0 Å². The minimum absolute atomic E-state index is 0. The third-order valence-electron chi connectivity index (χ3n) is 4.06. The molecule has 0 radical (unpaired) electrons. The van der Waals surface area contributed by atoms with E-state index in [9.17, 15) is 9.90 Å². The van der Waals surface area contributed by atoms with Crippen LogP contribution in [0.5, 0.6) is 0 Å². The Morgan fingerprint density at radius 1 is 1.29 bits per heavy atom. The van der Waals surface area contributed by atoms with Crippen molar-refractivity contribution >= 4 is 5.97 Å². The van der Waals surface area contributed by atoms with Crippen molar-refractivity contribution < 1.29 is 43.9 Å². The molecular weight excluding hydrogens is 225 g/mol. The maximum Gasteiger partial charge on any atom is 1.00 e. The number of hydrogen-bond acceptors (Lipinski definition) is 2. The SMILES string of the molecule is CCC(CC1C[N+](C)(C)CC1CC)C(=O)[O-].[Na+]. The van der Waals surface area contributed by atoms with Crippen molar-refractivity contribution in [2.45, 2.75) is 33.1 Å². The van der Waals surface area contributed by atoms with Crippen LogP contribution in [0.4, 0.5) is 0 Å². The molecule has 0 amide bonds. The molecule has 3 nitrogen and oxygen atoms in total. The third-order valence-corrected chi connectivity index (χ3v) is 4.06. The van der Waals surface area contributed by atoms with E-state index < -0.39 is 5.97 Å². The van der Waals surface area contributed by atoms with Crippen LogP contribution in [-0.2, 0) is 4.79 Å². The first kappa shape index (κ1) is 17.4. The van der Waals surface area contributed by atoms with Crippen molar-refractivity contribution in [3.8, 4) is 0 Å². The zero-order valence-electron chi connectivity index (χ0n) is 12.0. The third kappa shape index (κ3) is 4.90. The monoisotopic (exact) mass is 250 g/mol. The average Bonchev–Trinajstić information content (AvgIpc) is 2.49. The fraction of sp³-hybridized carbons (Fsp3) is 0.923. The van der Waals surface area contributed by atoms with Gasteiger partial charge in [-0.1, -0.05) is 13.8 Å². The number of hydrogen-bond donors (Lipinski definition) is 0. The predicted molar refractivity (Wildman–Crippen MR) is 62.5 cm³/mol. The number of rotatable bonds is 5. The number of nitrogens with zero attached hydrogens (tertiary/aromatic N) is 1. The number of aliphatic carboxylic acids is 1. The summed E-state index contributed by atoms with van der Waals surface area (Å²) in [5.41, 5.74) is 0. The second-order valence-corrected chi connectivity index (χ2v) is 5.89. The maximum atomic E-state index is 11.0. The van der Waals surface area contributed by atoms with Crippen LogP contribution in [0.1, 0.15) is 33.1 Å². The minimum atomic E-state index is -0.866. The van der Waals surface area contributed by atoms with E-state index in [-0.39, 0.29) is 35.5 Å². The summed E-state index contributed by atoms with van der Waals surface area (Å²) in [5, 5.41) is 11.0. The van der Waals surface area contributed by atoms with Gasteiger partial charge >= 0.3 is 29.6 Å². The Labute approximate surface area is 127 Å². The molecule has 0 aromatic heterocycles. The van der Waals surface area contributed by atoms with E-state index in [1.807, 2.05) is 6.92 Å². The van der Waals surface area contributed by atoms with Gasteiger partial charge in [-0.3, -0.25) is 0 Å². The van der Waals surface area contributed by atoms with E-state index in [4.69, 9.17) is 0 Å². The Hall–Kier alpha value is 0.430. The Morgan fingerprint density at radius 3 is 2.24 bits per heavy atom. The van der Waals surface area contributed by atoms with Crippen molar-refractivity contribution in [2.75, 3.05) is 27.2 Å². The summed E-state index contributed by atoms with van der Waals surface area (Å²) in [6.07, 6.45) is 2.66. The molecule has 94 valence electrons. The zero-order chi connectivity index (χ0) is 12.3. The van der Waals surface area contributed by atoms with Gasteiger partial charge in [0.05, 0.1) is 27.2 Å². The van der Waals surface area contributed by atoms with E-state index in [2.05, 4.69) is 21.0 Å². The van der Waals surface area contributed by atoms with Crippen molar-refractivity contribution in [1.82, 2.24) is 0 Å². The molecule has 1 saturated heterocycles. The zero-order valence-corrected chi connectivity index (χ0v) is 14.0. The van der Waals surface area contributed by atoms with Crippen LogP contribution < -0.4 is 34.7 Å². The summed E-state index contributed by atoms with van der Waals surface area (Å²) in [5.74, 6) is 0.123. The molecule has 1 rings (SSSR count). The quantitative estimate of drug-likeness (QED) is 0.414. The predicted octanol–water partition coefficient (Wildman–Crippen LogP) is -2.11. The van der Waals surface area contributed by atoms with E-state index in [1.54, 1.807) is 0 Å². The molecule has 1 fully saturated rings. The summed E-state index contributed by atoms with van der Waals surface area (Å²) in [6.45, 7) is 6.45. The smallest absolute Gasteiger partial charge is 0.550 e. The largest absolute Gasteiger partial charge is 1.00 e. The molecule has 3 unspecified atom stereocenters. The van der Waals surface area contributed by atoms with Crippen LogP contribution in [0.25, 0.3) is 0 Å². The van der Waals surface area contributed by atoms with Crippen LogP contribution >= 0.6 is 0 Å². The molecule has 1 aliphatic heterocycles. The maximum absolute atomic E-state index is 11.0. The fourth-order valence-corrected chi connectivity index (χ4v) is 3.17. The van der Waals surface area contributed by atoms with Gasteiger partial charge in [-0.05, 0) is 25.2 Å². The van der Waals surface area contributed by atoms with Crippen molar-refractivity contribution in [3.63, 3.8) is 0 Å².